The molecule has 0 saturated heterocycles. The van der Waals surface area contributed by atoms with E-state index in [0.717, 1.165) is 28.5 Å². The van der Waals surface area contributed by atoms with Crippen LogP contribution >= 0.6 is 11.3 Å². The SMILES string of the molecule is COCCN(C)c1nc(C(C)C)c(C=O)s1. The lowest BCUT2D eigenvalue weighted by atomic mass is 10.1. The maximum atomic E-state index is 10.9. The van der Waals surface area contributed by atoms with E-state index in [9.17, 15) is 4.79 Å². The lowest BCUT2D eigenvalue weighted by molar-refractivity contribution is 0.112. The van der Waals surface area contributed by atoms with Crippen molar-refractivity contribution in [2.45, 2.75) is 19.8 Å². The molecule has 4 nitrogen and oxygen atoms in total. The first kappa shape index (κ1) is 13.1. The van der Waals surface area contributed by atoms with Gasteiger partial charge in [-0.2, -0.15) is 0 Å². The van der Waals surface area contributed by atoms with Crippen LogP contribution < -0.4 is 4.90 Å². The van der Waals surface area contributed by atoms with Crippen molar-refractivity contribution in [1.29, 1.82) is 0 Å². The van der Waals surface area contributed by atoms with Crippen molar-refractivity contribution in [3.05, 3.63) is 10.6 Å². The Labute approximate surface area is 100 Å². The number of nitrogens with zero attached hydrogens (tertiary/aromatic N) is 2. The molecule has 0 radical (unpaired) electrons. The summed E-state index contributed by atoms with van der Waals surface area (Å²) in [5.74, 6) is 0.279. The number of carbonyl (C=O) groups excluding carboxylic acids is 1. The number of ether oxygens (including phenoxy) is 1. The van der Waals surface area contributed by atoms with Crippen LogP contribution in [-0.4, -0.2) is 38.6 Å². The monoisotopic (exact) mass is 242 g/mol. The van der Waals surface area contributed by atoms with Crippen LogP contribution in [0.25, 0.3) is 0 Å². The molecule has 0 fully saturated rings. The van der Waals surface area contributed by atoms with Crippen LogP contribution in [-0.2, 0) is 4.74 Å². The van der Waals surface area contributed by atoms with Gasteiger partial charge in [0, 0.05) is 20.7 Å². The Kier molecular flexibility index (Phi) is 4.89. The van der Waals surface area contributed by atoms with Crippen molar-refractivity contribution in [3.8, 4) is 0 Å². The minimum Gasteiger partial charge on any atom is -0.383 e. The zero-order valence-electron chi connectivity index (χ0n) is 10.2. The Morgan fingerprint density at radius 3 is 2.69 bits per heavy atom. The Bertz CT molecular complexity index is 350. The summed E-state index contributed by atoms with van der Waals surface area (Å²) in [7, 11) is 3.63. The third-order valence-electron chi connectivity index (χ3n) is 2.28. The number of likely N-dealkylation sites (N-methyl/N-ethyl adjacent to an activating group) is 1. The molecule has 16 heavy (non-hydrogen) atoms. The summed E-state index contributed by atoms with van der Waals surface area (Å²) in [6.45, 7) is 5.52. The number of anilines is 1. The van der Waals surface area contributed by atoms with Gasteiger partial charge in [0.05, 0.1) is 17.2 Å². The molecule has 5 heteroatoms. The van der Waals surface area contributed by atoms with E-state index < -0.39 is 0 Å². The molecular weight excluding hydrogens is 224 g/mol. The van der Waals surface area contributed by atoms with E-state index in [4.69, 9.17) is 4.74 Å². The van der Waals surface area contributed by atoms with E-state index in [-0.39, 0.29) is 5.92 Å². The lowest BCUT2D eigenvalue weighted by Crippen LogP contribution is -2.21. The highest BCUT2D eigenvalue weighted by Crippen LogP contribution is 2.28. The minimum atomic E-state index is 0.279. The molecule has 0 aromatic carbocycles. The molecular formula is C11H18N2O2S. The zero-order valence-corrected chi connectivity index (χ0v) is 11.0. The standard InChI is InChI=1S/C11H18N2O2S/c1-8(2)10-9(7-14)16-11(12-10)13(3)5-6-15-4/h7-8H,5-6H2,1-4H3. The molecule has 0 spiro atoms. The number of aldehydes is 1. The number of hydrogen-bond donors (Lipinski definition) is 0. The third kappa shape index (κ3) is 3.02. The van der Waals surface area contributed by atoms with Crippen molar-refractivity contribution in [3.63, 3.8) is 0 Å². The first-order valence-corrected chi connectivity index (χ1v) is 6.07. The fraction of sp³-hybridized carbons (Fsp3) is 0.636. The Hall–Kier alpha value is -0.940. The lowest BCUT2D eigenvalue weighted by Gasteiger charge is -2.14. The Morgan fingerprint density at radius 2 is 2.25 bits per heavy atom. The number of hydrogen-bond acceptors (Lipinski definition) is 5. The largest absolute Gasteiger partial charge is 0.383 e. The molecule has 1 aromatic heterocycles. The van der Waals surface area contributed by atoms with Crippen LogP contribution in [0.2, 0.25) is 0 Å². The fourth-order valence-electron chi connectivity index (χ4n) is 1.32. The van der Waals surface area contributed by atoms with Gasteiger partial charge in [0.1, 0.15) is 0 Å². The van der Waals surface area contributed by atoms with E-state index in [1.807, 2.05) is 25.8 Å². The van der Waals surface area contributed by atoms with Gasteiger partial charge in [-0.05, 0) is 5.92 Å². The average molecular weight is 242 g/mol. The fourth-order valence-corrected chi connectivity index (χ4v) is 2.34. The average Bonchev–Trinajstić information content (AvgIpc) is 2.69. The molecule has 0 atom stereocenters. The van der Waals surface area contributed by atoms with Crippen molar-refractivity contribution < 1.29 is 9.53 Å². The van der Waals surface area contributed by atoms with Crippen LogP contribution in [0, 0.1) is 0 Å². The summed E-state index contributed by atoms with van der Waals surface area (Å²) >= 11 is 1.44. The van der Waals surface area contributed by atoms with Gasteiger partial charge in [-0.15, -0.1) is 0 Å². The smallest absolute Gasteiger partial charge is 0.186 e. The van der Waals surface area contributed by atoms with Gasteiger partial charge >= 0.3 is 0 Å². The van der Waals surface area contributed by atoms with Gasteiger partial charge < -0.3 is 9.64 Å². The second kappa shape index (κ2) is 5.96. The van der Waals surface area contributed by atoms with Crippen LogP contribution in [0.5, 0.6) is 0 Å². The number of thiazole rings is 1. The molecule has 0 amide bonds. The minimum absolute atomic E-state index is 0.279. The van der Waals surface area contributed by atoms with E-state index in [0.29, 0.717) is 6.61 Å². The van der Waals surface area contributed by atoms with E-state index in [2.05, 4.69) is 4.98 Å². The Balaban J connectivity index is 2.85. The van der Waals surface area contributed by atoms with Gasteiger partial charge in [0.25, 0.3) is 0 Å². The molecule has 0 aliphatic carbocycles. The molecule has 0 saturated carbocycles. The molecule has 1 rings (SSSR count). The molecule has 1 heterocycles. The van der Waals surface area contributed by atoms with Crippen molar-refractivity contribution in [1.82, 2.24) is 4.98 Å². The van der Waals surface area contributed by atoms with E-state index in [1.54, 1.807) is 7.11 Å². The summed E-state index contributed by atoms with van der Waals surface area (Å²) in [5.41, 5.74) is 0.888. The number of rotatable bonds is 6. The maximum absolute atomic E-state index is 10.9. The van der Waals surface area contributed by atoms with E-state index in [1.165, 1.54) is 11.3 Å². The summed E-state index contributed by atoms with van der Waals surface area (Å²) in [6.07, 6.45) is 0.890. The van der Waals surface area contributed by atoms with Gasteiger partial charge in [-0.25, -0.2) is 4.98 Å². The summed E-state index contributed by atoms with van der Waals surface area (Å²) in [6, 6.07) is 0. The first-order chi connectivity index (χ1) is 7.60. The van der Waals surface area contributed by atoms with Crippen LogP contribution in [0.3, 0.4) is 0 Å². The second-order valence-electron chi connectivity index (χ2n) is 3.93. The van der Waals surface area contributed by atoms with Gasteiger partial charge in [0.15, 0.2) is 11.4 Å². The topological polar surface area (TPSA) is 42.4 Å². The summed E-state index contributed by atoms with van der Waals surface area (Å²) < 4.78 is 5.01. The summed E-state index contributed by atoms with van der Waals surface area (Å²) in [4.78, 5) is 18.1. The van der Waals surface area contributed by atoms with Gasteiger partial charge in [-0.1, -0.05) is 25.2 Å². The predicted molar refractivity (Wildman–Crippen MR) is 66.7 cm³/mol. The van der Waals surface area contributed by atoms with Crippen LogP contribution in [0.1, 0.15) is 35.1 Å². The zero-order chi connectivity index (χ0) is 12.1. The molecule has 90 valence electrons. The third-order valence-corrected chi connectivity index (χ3v) is 3.39. The van der Waals surface area contributed by atoms with Crippen molar-refractivity contribution >= 4 is 22.8 Å². The molecule has 1 aromatic rings. The highest BCUT2D eigenvalue weighted by Gasteiger charge is 2.15. The number of carbonyl (C=O) groups is 1. The van der Waals surface area contributed by atoms with Crippen molar-refractivity contribution in [2.24, 2.45) is 0 Å². The van der Waals surface area contributed by atoms with Crippen LogP contribution in [0.15, 0.2) is 0 Å². The normalized spacial score (nSPS) is 10.8. The number of methoxy groups -OCH3 is 1. The quantitative estimate of drug-likeness (QED) is 0.717. The molecule has 0 N–H and O–H groups in total. The Morgan fingerprint density at radius 1 is 1.56 bits per heavy atom. The molecule has 0 aliphatic rings. The van der Waals surface area contributed by atoms with Crippen LogP contribution in [0.4, 0.5) is 5.13 Å². The highest BCUT2D eigenvalue weighted by atomic mass is 32.1. The van der Waals surface area contributed by atoms with E-state index >= 15 is 0 Å². The maximum Gasteiger partial charge on any atom is 0.186 e. The van der Waals surface area contributed by atoms with Gasteiger partial charge in [-0.3, -0.25) is 4.79 Å². The second-order valence-corrected chi connectivity index (χ2v) is 4.94. The number of aromatic nitrogens is 1. The molecule has 0 bridgehead atoms. The van der Waals surface area contributed by atoms with Crippen molar-refractivity contribution in [2.75, 3.05) is 32.2 Å². The first-order valence-electron chi connectivity index (χ1n) is 5.26. The highest BCUT2D eigenvalue weighted by molar-refractivity contribution is 7.17. The molecule has 0 aliphatic heterocycles. The predicted octanol–water partition coefficient (Wildman–Crippen LogP) is 2.16. The summed E-state index contributed by atoms with van der Waals surface area (Å²) in [5, 5.41) is 0.878. The molecule has 0 unspecified atom stereocenters. The van der Waals surface area contributed by atoms with Gasteiger partial charge in [0.2, 0.25) is 0 Å².